The molecule has 1 aliphatic heterocycles. The number of hydrogen-bond acceptors (Lipinski definition) is 3. The Morgan fingerprint density at radius 3 is 2.55 bits per heavy atom. The molecule has 1 aliphatic carbocycles. The van der Waals surface area contributed by atoms with Crippen LogP contribution in [-0.4, -0.2) is 31.1 Å². The number of thiophene rings is 1. The molecule has 2 heterocycles. The number of likely N-dealkylation sites (tertiary alicyclic amines) is 1. The maximum Gasteiger partial charge on any atom is 0.0485 e. The van der Waals surface area contributed by atoms with E-state index in [-0.39, 0.29) is 5.41 Å². The van der Waals surface area contributed by atoms with E-state index in [4.69, 9.17) is 0 Å². The van der Waals surface area contributed by atoms with Crippen molar-refractivity contribution in [2.75, 3.05) is 20.1 Å². The smallest absolute Gasteiger partial charge is 0.0485 e. The minimum absolute atomic E-state index is 0.282. The van der Waals surface area contributed by atoms with Crippen molar-refractivity contribution >= 4 is 11.3 Å². The van der Waals surface area contributed by atoms with Gasteiger partial charge in [0.2, 0.25) is 0 Å². The third kappa shape index (κ3) is 2.81. The van der Waals surface area contributed by atoms with E-state index in [0.717, 1.165) is 18.5 Å². The van der Waals surface area contributed by atoms with Gasteiger partial charge in [-0.3, -0.25) is 4.90 Å². The topological polar surface area (TPSA) is 15.3 Å². The number of nitrogens with one attached hydrogen (secondary N) is 1. The highest BCUT2D eigenvalue weighted by Crippen LogP contribution is 2.46. The van der Waals surface area contributed by atoms with Gasteiger partial charge in [0.1, 0.15) is 0 Å². The molecule has 3 rings (SSSR count). The second-order valence-corrected chi connectivity index (χ2v) is 8.59. The largest absolute Gasteiger partial charge is 0.319 e. The van der Waals surface area contributed by atoms with Gasteiger partial charge in [0, 0.05) is 21.8 Å². The molecule has 0 bridgehead atoms. The Bertz CT molecular complexity index is 456. The summed E-state index contributed by atoms with van der Waals surface area (Å²) in [5.41, 5.74) is 0.282. The predicted octanol–water partition coefficient (Wildman–Crippen LogP) is 3.79. The SMILES string of the molecule is CNCC1CCN(C2CC2)C1c1ccc(C(C)(C)C)s1. The van der Waals surface area contributed by atoms with Gasteiger partial charge < -0.3 is 5.32 Å². The van der Waals surface area contributed by atoms with Gasteiger partial charge in [0.05, 0.1) is 0 Å². The molecule has 1 N–H and O–H groups in total. The van der Waals surface area contributed by atoms with E-state index in [1.165, 1.54) is 30.7 Å². The Hall–Kier alpha value is -0.380. The summed E-state index contributed by atoms with van der Waals surface area (Å²) in [7, 11) is 2.09. The summed E-state index contributed by atoms with van der Waals surface area (Å²) in [6.45, 7) is 9.41. The summed E-state index contributed by atoms with van der Waals surface area (Å²) in [5.74, 6) is 0.784. The highest BCUT2D eigenvalue weighted by Gasteiger charge is 2.43. The van der Waals surface area contributed by atoms with E-state index in [9.17, 15) is 0 Å². The van der Waals surface area contributed by atoms with Crippen LogP contribution in [0.3, 0.4) is 0 Å². The first-order chi connectivity index (χ1) is 9.50. The van der Waals surface area contributed by atoms with Gasteiger partial charge in [-0.2, -0.15) is 0 Å². The molecule has 20 heavy (non-hydrogen) atoms. The fourth-order valence-electron chi connectivity index (χ4n) is 3.49. The molecule has 0 radical (unpaired) electrons. The maximum atomic E-state index is 3.40. The molecular weight excluding hydrogens is 264 g/mol. The number of hydrogen-bond donors (Lipinski definition) is 1. The van der Waals surface area contributed by atoms with Crippen molar-refractivity contribution in [1.29, 1.82) is 0 Å². The quantitative estimate of drug-likeness (QED) is 0.908. The van der Waals surface area contributed by atoms with Gasteiger partial charge in [0.25, 0.3) is 0 Å². The van der Waals surface area contributed by atoms with Crippen molar-refractivity contribution in [3.63, 3.8) is 0 Å². The summed E-state index contributed by atoms with van der Waals surface area (Å²) < 4.78 is 0. The summed E-state index contributed by atoms with van der Waals surface area (Å²) in [4.78, 5) is 5.92. The van der Waals surface area contributed by atoms with Crippen molar-refractivity contribution in [2.24, 2.45) is 5.92 Å². The third-order valence-electron chi connectivity index (χ3n) is 4.70. The van der Waals surface area contributed by atoms with E-state index in [1.54, 1.807) is 4.88 Å². The van der Waals surface area contributed by atoms with Crippen LogP contribution in [0.4, 0.5) is 0 Å². The molecule has 1 saturated heterocycles. The van der Waals surface area contributed by atoms with Crippen LogP contribution in [0.2, 0.25) is 0 Å². The molecular formula is C17H28N2S. The third-order valence-corrected chi connectivity index (χ3v) is 6.28. The van der Waals surface area contributed by atoms with Gasteiger partial charge in [-0.25, -0.2) is 0 Å². The Morgan fingerprint density at radius 1 is 1.25 bits per heavy atom. The molecule has 2 unspecified atom stereocenters. The first-order valence-electron chi connectivity index (χ1n) is 8.01. The second-order valence-electron chi connectivity index (χ2n) is 7.47. The van der Waals surface area contributed by atoms with Crippen LogP contribution in [0.15, 0.2) is 12.1 Å². The molecule has 1 aromatic rings. The van der Waals surface area contributed by atoms with Crippen molar-refractivity contribution in [3.05, 3.63) is 21.9 Å². The lowest BCUT2D eigenvalue weighted by Crippen LogP contribution is -2.30. The highest BCUT2D eigenvalue weighted by molar-refractivity contribution is 7.12. The summed E-state index contributed by atoms with van der Waals surface area (Å²) in [5, 5.41) is 3.40. The second kappa shape index (κ2) is 5.43. The Balaban J connectivity index is 1.85. The fraction of sp³-hybridized carbons (Fsp3) is 0.765. The fourth-order valence-corrected chi connectivity index (χ4v) is 4.77. The molecule has 0 spiro atoms. The van der Waals surface area contributed by atoms with E-state index < -0.39 is 0 Å². The average molecular weight is 292 g/mol. The first kappa shape index (κ1) is 14.6. The zero-order valence-corrected chi connectivity index (χ0v) is 14.1. The summed E-state index contributed by atoms with van der Waals surface area (Å²) in [6.07, 6.45) is 4.19. The lowest BCUT2D eigenvalue weighted by molar-refractivity contribution is 0.221. The van der Waals surface area contributed by atoms with Crippen LogP contribution in [0, 0.1) is 5.92 Å². The monoisotopic (exact) mass is 292 g/mol. The molecule has 0 amide bonds. The van der Waals surface area contributed by atoms with Crippen molar-refractivity contribution < 1.29 is 0 Å². The Kier molecular flexibility index (Phi) is 3.95. The molecule has 3 heteroatoms. The van der Waals surface area contributed by atoms with Crippen LogP contribution in [0.25, 0.3) is 0 Å². The molecule has 2 fully saturated rings. The molecule has 112 valence electrons. The molecule has 1 aromatic heterocycles. The van der Waals surface area contributed by atoms with E-state index in [0.29, 0.717) is 6.04 Å². The van der Waals surface area contributed by atoms with Gasteiger partial charge in [0.15, 0.2) is 0 Å². The number of rotatable bonds is 4. The lowest BCUT2D eigenvalue weighted by atomic mass is 9.94. The van der Waals surface area contributed by atoms with E-state index in [1.807, 2.05) is 11.3 Å². The lowest BCUT2D eigenvalue weighted by Gasteiger charge is -2.27. The predicted molar refractivity (Wildman–Crippen MR) is 87.5 cm³/mol. The van der Waals surface area contributed by atoms with Crippen LogP contribution in [0.5, 0.6) is 0 Å². The summed E-state index contributed by atoms with van der Waals surface area (Å²) >= 11 is 2.05. The zero-order chi connectivity index (χ0) is 14.3. The Labute approximate surface area is 127 Å². The van der Waals surface area contributed by atoms with Crippen LogP contribution in [-0.2, 0) is 5.41 Å². The molecule has 0 aromatic carbocycles. The van der Waals surface area contributed by atoms with Gasteiger partial charge in [-0.1, -0.05) is 20.8 Å². The number of nitrogens with zero attached hydrogens (tertiary/aromatic N) is 1. The van der Waals surface area contributed by atoms with Crippen LogP contribution >= 0.6 is 11.3 Å². The van der Waals surface area contributed by atoms with Crippen LogP contribution in [0.1, 0.15) is 55.8 Å². The van der Waals surface area contributed by atoms with Crippen molar-refractivity contribution in [2.45, 2.75) is 57.5 Å². The van der Waals surface area contributed by atoms with Crippen molar-refractivity contribution in [1.82, 2.24) is 10.2 Å². The zero-order valence-electron chi connectivity index (χ0n) is 13.3. The normalized spacial score (nSPS) is 28.2. The standard InChI is InChI=1S/C17H28N2S/c1-17(2,3)15-8-7-14(20-15)16-12(11-18-4)9-10-19(16)13-5-6-13/h7-8,12-13,16,18H,5-6,9-11H2,1-4H3. The summed E-state index contributed by atoms with van der Waals surface area (Å²) in [6, 6.07) is 6.30. The van der Waals surface area contributed by atoms with E-state index >= 15 is 0 Å². The average Bonchev–Trinajstić information content (AvgIpc) is 2.94. The first-order valence-corrected chi connectivity index (χ1v) is 8.83. The minimum Gasteiger partial charge on any atom is -0.319 e. The van der Waals surface area contributed by atoms with Crippen molar-refractivity contribution in [3.8, 4) is 0 Å². The molecule has 1 saturated carbocycles. The van der Waals surface area contributed by atoms with Gasteiger partial charge in [-0.15, -0.1) is 11.3 Å². The molecule has 2 nitrogen and oxygen atoms in total. The van der Waals surface area contributed by atoms with Crippen LogP contribution < -0.4 is 5.32 Å². The highest BCUT2D eigenvalue weighted by atomic mass is 32.1. The van der Waals surface area contributed by atoms with E-state index in [2.05, 4.69) is 50.2 Å². The van der Waals surface area contributed by atoms with Gasteiger partial charge >= 0.3 is 0 Å². The molecule has 2 atom stereocenters. The molecule has 2 aliphatic rings. The van der Waals surface area contributed by atoms with Gasteiger partial charge in [-0.05, 0) is 62.9 Å². The Morgan fingerprint density at radius 2 is 2.00 bits per heavy atom. The maximum absolute atomic E-state index is 3.40. The minimum atomic E-state index is 0.282.